The number of nitrogens with zero attached hydrogens (tertiary/aromatic N) is 3. The number of aromatic nitrogens is 4. The number of halogens is 1. The molecular formula is C22H21FN4O. The topological polar surface area (TPSA) is 63.7 Å². The first-order chi connectivity index (χ1) is 13.6. The summed E-state index contributed by atoms with van der Waals surface area (Å²) in [5, 5.41) is 1.01. The van der Waals surface area contributed by atoms with E-state index in [0.717, 1.165) is 33.3 Å². The average Bonchev–Trinajstić information content (AvgIpc) is 3.08. The predicted octanol–water partition coefficient (Wildman–Crippen LogP) is 4.38. The molecule has 5 nitrogen and oxygen atoms in total. The number of pyridine rings is 3. The van der Waals surface area contributed by atoms with Gasteiger partial charge in [-0.15, -0.1) is 0 Å². The lowest BCUT2D eigenvalue weighted by atomic mass is 10.0. The van der Waals surface area contributed by atoms with E-state index in [1.165, 1.54) is 0 Å². The van der Waals surface area contributed by atoms with E-state index in [0.29, 0.717) is 30.9 Å². The van der Waals surface area contributed by atoms with E-state index < -0.39 is 5.95 Å². The highest BCUT2D eigenvalue weighted by atomic mass is 19.1. The van der Waals surface area contributed by atoms with Gasteiger partial charge < -0.3 is 9.72 Å². The van der Waals surface area contributed by atoms with Crippen LogP contribution in [0.25, 0.3) is 11.0 Å². The number of ether oxygens (including phenoxy) is 1. The maximum Gasteiger partial charge on any atom is 0.216 e. The third-order valence-electron chi connectivity index (χ3n) is 4.63. The van der Waals surface area contributed by atoms with E-state index in [1.54, 1.807) is 12.4 Å². The summed E-state index contributed by atoms with van der Waals surface area (Å²) in [5.41, 5.74) is 5.31. The number of hydrogen-bond acceptors (Lipinski definition) is 4. The first kappa shape index (κ1) is 18.1. The van der Waals surface area contributed by atoms with Crippen LogP contribution < -0.4 is 4.74 Å². The summed E-state index contributed by atoms with van der Waals surface area (Å²) in [6, 6.07) is 7.77. The Labute approximate surface area is 162 Å². The van der Waals surface area contributed by atoms with E-state index in [4.69, 9.17) is 4.74 Å². The monoisotopic (exact) mass is 376 g/mol. The largest absolute Gasteiger partial charge is 0.478 e. The second kappa shape index (κ2) is 7.76. The minimum absolute atomic E-state index is 0.448. The molecule has 0 saturated heterocycles. The molecule has 0 saturated carbocycles. The molecule has 0 unspecified atom stereocenters. The van der Waals surface area contributed by atoms with Crippen LogP contribution in [0, 0.1) is 12.9 Å². The molecule has 4 rings (SSSR count). The summed E-state index contributed by atoms with van der Waals surface area (Å²) in [5.74, 6) is 0.156. The molecule has 0 amide bonds. The number of hydrogen-bond donors (Lipinski definition) is 1. The molecule has 0 aliphatic carbocycles. The van der Waals surface area contributed by atoms with Crippen LogP contribution in [-0.2, 0) is 12.8 Å². The van der Waals surface area contributed by atoms with Crippen LogP contribution in [0.4, 0.5) is 4.39 Å². The molecule has 4 heterocycles. The number of aryl methyl sites for hydroxylation is 1. The average molecular weight is 376 g/mol. The Kier molecular flexibility index (Phi) is 5.02. The number of aromatic amines is 1. The molecule has 0 fully saturated rings. The van der Waals surface area contributed by atoms with Gasteiger partial charge in [0.1, 0.15) is 5.65 Å². The quantitative estimate of drug-likeness (QED) is 0.507. The molecule has 0 radical (unpaired) electrons. The Hall–Kier alpha value is -3.28. The highest BCUT2D eigenvalue weighted by Gasteiger charge is 2.12. The Morgan fingerprint density at radius 2 is 1.93 bits per heavy atom. The van der Waals surface area contributed by atoms with Crippen molar-refractivity contribution < 1.29 is 9.13 Å². The van der Waals surface area contributed by atoms with Crippen molar-refractivity contribution in [2.24, 2.45) is 0 Å². The van der Waals surface area contributed by atoms with Crippen LogP contribution in [0.5, 0.6) is 5.88 Å². The van der Waals surface area contributed by atoms with Crippen molar-refractivity contribution in [2.45, 2.75) is 26.7 Å². The zero-order chi connectivity index (χ0) is 19.5. The van der Waals surface area contributed by atoms with Crippen LogP contribution in [0.1, 0.15) is 34.7 Å². The molecule has 6 heteroatoms. The van der Waals surface area contributed by atoms with Crippen molar-refractivity contribution in [1.82, 2.24) is 19.9 Å². The first-order valence-corrected chi connectivity index (χ1v) is 9.26. The zero-order valence-electron chi connectivity index (χ0n) is 15.9. The third-order valence-corrected chi connectivity index (χ3v) is 4.63. The lowest BCUT2D eigenvalue weighted by molar-refractivity contribution is 0.323. The summed E-state index contributed by atoms with van der Waals surface area (Å²) in [7, 11) is 0. The molecule has 0 aliphatic heterocycles. The Bertz CT molecular complexity index is 1120. The van der Waals surface area contributed by atoms with Gasteiger partial charge in [0.2, 0.25) is 11.8 Å². The highest BCUT2D eigenvalue weighted by Crippen LogP contribution is 2.24. The van der Waals surface area contributed by atoms with Crippen LogP contribution in [0.2, 0.25) is 0 Å². The SMILES string of the molecule is CCOc1ncccc1Cc1cnc(F)c(Cc2c[nH]c3ncc(C)cc23)c1. The standard InChI is InChI=1S/C22H21FN4O/c1-3-28-22-16(5-4-6-24-22)8-15-9-17(20(23)25-12-15)10-18-13-27-21-19(18)7-14(2)11-26-21/h4-7,9,11-13H,3,8,10H2,1-2H3,(H,26,27). The molecule has 0 aliphatic rings. The Morgan fingerprint density at radius 1 is 1.04 bits per heavy atom. The van der Waals surface area contributed by atoms with E-state index in [2.05, 4.69) is 26.0 Å². The van der Waals surface area contributed by atoms with Crippen molar-refractivity contribution in [1.29, 1.82) is 0 Å². The molecule has 28 heavy (non-hydrogen) atoms. The maximum atomic E-state index is 14.4. The van der Waals surface area contributed by atoms with Gasteiger partial charge in [0.05, 0.1) is 6.61 Å². The molecular weight excluding hydrogens is 355 g/mol. The summed E-state index contributed by atoms with van der Waals surface area (Å²) >= 11 is 0. The summed E-state index contributed by atoms with van der Waals surface area (Å²) in [6.07, 6.45) is 8.01. The molecule has 0 atom stereocenters. The minimum atomic E-state index is -0.449. The molecule has 4 aromatic rings. The van der Waals surface area contributed by atoms with E-state index in [9.17, 15) is 4.39 Å². The molecule has 0 aromatic carbocycles. The Balaban J connectivity index is 1.63. The lowest BCUT2D eigenvalue weighted by Crippen LogP contribution is -2.02. The second-order valence-electron chi connectivity index (χ2n) is 6.77. The maximum absolute atomic E-state index is 14.4. The summed E-state index contributed by atoms with van der Waals surface area (Å²) < 4.78 is 20.0. The van der Waals surface area contributed by atoms with Crippen molar-refractivity contribution in [3.8, 4) is 5.88 Å². The van der Waals surface area contributed by atoms with Crippen LogP contribution in [0.15, 0.2) is 49.1 Å². The number of fused-ring (bicyclic) bond motifs is 1. The fourth-order valence-electron chi connectivity index (χ4n) is 3.32. The van der Waals surface area contributed by atoms with Crippen LogP contribution in [-0.4, -0.2) is 26.5 Å². The predicted molar refractivity (Wildman–Crippen MR) is 106 cm³/mol. The fraction of sp³-hybridized carbons (Fsp3) is 0.227. The summed E-state index contributed by atoms with van der Waals surface area (Å²) in [4.78, 5) is 15.8. The molecule has 142 valence electrons. The summed E-state index contributed by atoms with van der Waals surface area (Å²) in [6.45, 7) is 4.47. The van der Waals surface area contributed by atoms with Gasteiger partial charge >= 0.3 is 0 Å². The third kappa shape index (κ3) is 3.71. The highest BCUT2D eigenvalue weighted by molar-refractivity contribution is 5.80. The van der Waals surface area contributed by atoms with Gasteiger partial charge in [0, 0.05) is 54.1 Å². The van der Waals surface area contributed by atoms with E-state index >= 15 is 0 Å². The van der Waals surface area contributed by atoms with Crippen molar-refractivity contribution in [3.05, 3.63) is 82.8 Å². The van der Waals surface area contributed by atoms with Crippen molar-refractivity contribution in [3.63, 3.8) is 0 Å². The normalized spacial score (nSPS) is 11.1. The van der Waals surface area contributed by atoms with E-state index in [1.807, 2.05) is 44.4 Å². The van der Waals surface area contributed by atoms with Crippen LogP contribution >= 0.6 is 0 Å². The number of nitrogens with one attached hydrogen (secondary N) is 1. The van der Waals surface area contributed by atoms with Crippen molar-refractivity contribution >= 4 is 11.0 Å². The molecule has 0 spiro atoms. The van der Waals surface area contributed by atoms with Gasteiger partial charge in [-0.1, -0.05) is 6.07 Å². The molecule has 0 bridgehead atoms. The van der Waals surface area contributed by atoms with Gasteiger partial charge in [0.25, 0.3) is 0 Å². The van der Waals surface area contributed by atoms with E-state index in [-0.39, 0.29) is 0 Å². The van der Waals surface area contributed by atoms with Gasteiger partial charge in [-0.2, -0.15) is 4.39 Å². The zero-order valence-corrected chi connectivity index (χ0v) is 15.9. The Morgan fingerprint density at radius 3 is 2.79 bits per heavy atom. The van der Waals surface area contributed by atoms with Gasteiger partial charge in [-0.05, 0) is 48.7 Å². The number of H-pyrrole nitrogens is 1. The fourth-order valence-corrected chi connectivity index (χ4v) is 3.32. The van der Waals surface area contributed by atoms with Crippen LogP contribution in [0.3, 0.4) is 0 Å². The first-order valence-electron chi connectivity index (χ1n) is 9.26. The van der Waals surface area contributed by atoms with Gasteiger partial charge in [0.15, 0.2) is 0 Å². The van der Waals surface area contributed by atoms with Crippen molar-refractivity contribution in [2.75, 3.05) is 6.61 Å². The van der Waals surface area contributed by atoms with Gasteiger partial charge in [-0.25, -0.2) is 15.0 Å². The second-order valence-corrected chi connectivity index (χ2v) is 6.77. The van der Waals surface area contributed by atoms with Gasteiger partial charge in [-0.3, -0.25) is 0 Å². The number of rotatable bonds is 6. The lowest BCUT2D eigenvalue weighted by Gasteiger charge is -2.10. The minimum Gasteiger partial charge on any atom is -0.478 e. The molecule has 1 N–H and O–H groups in total. The smallest absolute Gasteiger partial charge is 0.216 e. The molecule has 4 aromatic heterocycles.